The Morgan fingerprint density at radius 2 is 1.75 bits per heavy atom. The summed E-state index contributed by atoms with van der Waals surface area (Å²) >= 11 is 0. The van der Waals surface area contributed by atoms with Crippen molar-refractivity contribution in [2.45, 2.75) is 19.5 Å². The van der Waals surface area contributed by atoms with Crippen LogP contribution in [0.25, 0.3) is 10.9 Å². The summed E-state index contributed by atoms with van der Waals surface area (Å²) in [6.45, 7) is 5.63. The average molecular weight is 435 g/mol. The van der Waals surface area contributed by atoms with E-state index in [1.807, 2.05) is 59.0 Å². The predicted octanol–water partition coefficient (Wildman–Crippen LogP) is 2.65. The number of amides is 2. The van der Waals surface area contributed by atoms with E-state index in [0.717, 1.165) is 36.3 Å². The van der Waals surface area contributed by atoms with Crippen LogP contribution in [0.5, 0.6) is 5.75 Å². The Balaban J connectivity index is 1.34. The van der Waals surface area contributed by atoms with E-state index in [0.29, 0.717) is 18.8 Å². The second kappa shape index (κ2) is 9.44. The number of hydrogen-bond donors (Lipinski definition) is 1. The fourth-order valence-corrected chi connectivity index (χ4v) is 4.25. The largest absolute Gasteiger partial charge is 0.497 e. The highest BCUT2D eigenvalue weighted by Crippen LogP contribution is 2.24. The van der Waals surface area contributed by atoms with Crippen LogP contribution in [0, 0.1) is 0 Å². The van der Waals surface area contributed by atoms with Crippen LogP contribution in [-0.4, -0.2) is 65.5 Å². The lowest BCUT2D eigenvalue weighted by molar-refractivity contribution is -0.134. The van der Waals surface area contributed by atoms with Gasteiger partial charge in [-0.2, -0.15) is 0 Å². The zero-order chi connectivity index (χ0) is 22.7. The molecule has 0 spiro atoms. The van der Waals surface area contributed by atoms with Crippen LogP contribution in [0.15, 0.2) is 54.6 Å². The number of methoxy groups -OCH3 is 1. The van der Waals surface area contributed by atoms with Gasteiger partial charge < -0.3 is 19.5 Å². The maximum atomic E-state index is 12.9. The van der Waals surface area contributed by atoms with Gasteiger partial charge in [-0.15, -0.1) is 0 Å². The molecule has 1 aromatic heterocycles. The topological polar surface area (TPSA) is 66.8 Å². The minimum absolute atomic E-state index is 0.0434. The van der Waals surface area contributed by atoms with Gasteiger partial charge in [0, 0.05) is 50.7 Å². The van der Waals surface area contributed by atoms with Gasteiger partial charge in [-0.1, -0.05) is 30.3 Å². The SMILES string of the molecule is COc1ccc2c(c1)cc(C(=O)N[C@@H](C)C(=O)N1CCN(Cc3ccccc3)CC1)n2C. The van der Waals surface area contributed by atoms with Crippen molar-refractivity contribution in [2.24, 2.45) is 7.05 Å². The number of rotatable bonds is 6. The Morgan fingerprint density at radius 1 is 1.03 bits per heavy atom. The third-order valence-electron chi connectivity index (χ3n) is 6.13. The molecule has 1 N–H and O–H groups in total. The minimum Gasteiger partial charge on any atom is -0.497 e. The Morgan fingerprint density at radius 3 is 2.44 bits per heavy atom. The zero-order valence-electron chi connectivity index (χ0n) is 18.9. The molecule has 3 aromatic rings. The number of nitrogens with zero attached hydrogens (tertiary/aromatic N) is 3. The highest BCUT2D eigenvalue weighted by Gasteiger charge is 2.27. The number of carbonyl (C=O) groups is 2. The number of piperazine rings is 1. The predicted molar refractivity (Wildman–Crippen MR) is 125 cm³/mol. The number of ether oxygens (including phenoxy) is 1. The smallest absolute Gasteiger partial charge is 0.268 e. The molecule has 168 valence electrons. The van der Waals surface area contributed by atoms with Crippen molar-refractivity contribution in [3.05, 3.63) is 65.9 Å². The Labute approximate surface area is 188 Å². The van der Waals surface area contributed by atoms with Crippen LogP contribution in [0.2, 0.25) is 0 Å². The molecule has 1 atom stereocenters. The second-order valence-corrected chi connectivity index (χ2v) is 8.30. The van der Waals surface area contributed by atoms with E-state index in [1.54, 1.807) is 14.0 Å². The molecule has 4 rings (SSSR count). The molecule has 1 aliphatic heterocycles. The normalized spacial score (nSPS) is 15.5. The Kier molecular flexibility index (Phi) is 6.46. The summed E-state index contributed by atoms with van der Waals surface area (Å²) in [5.41, 5.74) is 2.73. The molecule has 0 radical (unpaired) electrons. The van der Waals surface area contributed by atoms with Crippen molar-refractivity contribution >= 4 is 22.7 Å². The van der Waals surface area contributed by atoms with Crippen molar-refractivity contribution in [2.75, 3.05) is 33.3 Å². The molecule has 7 heteroatoms. The van der Waals surface area contributed by atoms with Gasteiger partial charge >= 0.3 is 0 Å². The van der Waals surface area contributed by atoms with Gasteiger partial charge in [0.05, 0.1) is 7.11 Å². The lowest BCUT2D eigenvalue weighted by Gasteiger charge is -2.36. The quantitative estimate of drug-likeness (QED) is 0.648. The fourth-order valence-electron chi connectivity index (χ4n) is 4.25. The Hall–Kier alpha value is -3.32. The van der Waals surface area contributed by atoms with E-state index in [4.69, 9.17) is 4.74 Å². The molecule has 2 heterocycles. The molecule has 1 fully saturated rings. The fraction of sp³-hybridized carbons (Fsp3) is 0.360. The van der Waals surface area contributed by atoms with Crippen LogP contribution >= 0.6 is 0 Å². The third-order valence-corrected chi connectivity index (χ3v) is 6.13. The first-order valence-electron chi connectivity index (χ1n) is 11.0. The van der Waals surface area contributed by atoms with Gasteiger partial charge in [0.25, 0.3) is 5.91 Å². The first-order valence-corrected chi connectivity index (χ1v) is 11.0. The van der Waals surface area contributed by atoms with Crippen LogP contribution < -0.4 is 10.1 Å². The molecule has 2 amide bonds. The van der Waals surface area contributed by atoms with Gasteiger partial charge in [0.1, 0.15) is 17.5 Å². The summed E-state index contributed by atoms with van der Waals surface area (Å²) in [5.74, 6) is 0.439. The van der Waals surface area contributed by atoms with Gasteiger partial charge in [-0.25, -0.2) is 0 Å². The van der Waals surface area contributed by atoms with Crippen molar-refractivity contribution in [1.82, 2.24) is 19.7 Å². The first-order chi connectivity index (χ1) is 15.5. The molecule has 2 aromatic carbocycles. The zero-order valence-corrected chi connectivity index (χ0v) is 18.9. The molecule has 32 heavy (non-hydrogen) atoms. The first kappa shape index (κ1) is 21.9. The van der Waals surface area contributed by atoms with Crippen LogP contribution in [0.1, 0.15) is 23.0 Å². The highest BCUT2D eigenvalue weighted by molar-refractivity contribution is 6.01. The van der Waals surface area contributed by atoms with E-state index in [-0.39, 0.29) is 11.8 Å². The van der Waals surface area contributed by atoms with Crippen LogP contribution in [0.3, 0.4) is 0 Å². The molecule has 7 nitrogen and oxygen atoms in total. The van der Waals surface area contributed by atoms with Gasteiger partial charge in [-0.3, -0.25) is 14.5 Å². The molecular formula is C25H30N4O3. The number of benzene rings is 2. The average Bonchev–Trinajstić information content (AvgIpc) is 3.15. The third kappa shape index (κ3) is 4.62. The van der Waals surface area contributed by atoms with Crippen LogP contribution in [-0.2, 0) is 18.4 Å². The number of hydrogen-bond acceptors (Lipinski definition) is 4. The van der Waals surface area contributed by atoms with Crippen molar-refractivity contribution in [1.29, 1.82) is 0 Å². The minimum atomic E-state index is -0.587. The Bertz CT molecular complexity index is 1100. The summed E-state index contributed by atoms with van der Waals surface area (Å²) in [6, 6.07) is 17.3. The van der Waals surface area contributed by atoms with Gasteiger partial charge in [-0.05, 0) is 36.8 Å². The van der Waals surface area contributed by atoms with E-state index >= 15 is 0 Å². The molecule has 0 saturated carbocycles. The maximum Gasteiger partial charge on any atom is 0.268 e. The summed E-state index contributed by atoms with van der Waals surface area (Å²) in [6.07, 6.45) is 0. The standard InChI is InChI=1S/C25H30N4O3/c1-18(25(31)29-13-11-28(12-14-29)17-19-7-5-4-6-8-19)26-24(30)23-16-20-15-21(32-3)9-10-22(20)27(23)2/h4-10,15-16,18H,11-14,17H2,1-3H3,(H,26,30)/t18-/m0/s1. The molecule has 0 unspecified atom stereocenters. The number of carbonyl (C=O) groups excluding carboxylic acids is 2. The summed E-state index contributed by atoms with van der Waals surface area (Å²) in [4.78, 5) is 30.0. The van der Waals surface area contributed by atoms with Gasteiger partial charge in [0.15, 0.2) is 0 Å². The summed E-state index contributed by atoms with van der Waals surface area (Å²) < 4.78 is 7.11. The van der Waals surface area contributed by atoms with E-state index < -0.39 is 6.04 Å². The molecular weight excluding hydrogens is 404 g/mol. The van der Waals surface area contributed by atoms with E-state index in [1.165, 1.54) is 5.56 Å². The van der Waals surface area contributed by atoms with Crippen molar-refractivity contribution in [3.8, 4) is 5.75 Å². The number of aromatic nitrogens is 1. The van der Waals surface area contributed by atoms with Gasteiger partial charge in [0.2, 0.25) is 5.91 Å². The number of aryl methyl sites for hydroxylation is 1. The number of fused-ring (bicyclic) bond motifs is 1. The van der Waals surface area contributed by atoms with Crippen LogP contribution in [0.4, 0.5) is 0 Å². The summed E-state index contributed by atoms with van der Waals surface area (Å²) in [5, 5.41) is 3.80. The maximum absolute atomic E-state index is 12.9. The molecule has 0 bridgehead atoms. The lowest BCUT2D eigenvalue weighted by Crippen LogP contribution is -2.54. The molecule has 1 saturated heterocycles. The summed E-state index contributed by atoms with van der Waals surface area (Å²) in [7, 11) is 3.47. The van der Waals surface area contributed by atoms with Crippen molar-refractivity contribution < 1.29 is 14.3 Å². The van der Waals surface area contributed by atoms with E-state index in [2.05, 4.69) is 22.3 Å². The monoisotopic (exact) mass is 434 g/mol. The molecule has 1 aliphatic rings. The highest BCUT2D eigenvalue weighted by atomic mass is 16.5. The van der Waals surface area contributed by atoms with Crippen molar-refractivity contribution in [3.63, 3.8) is 0 Å². The molecule has 0 aliphatic carbocycles. The lowest BCUT2D eigenvalue weighted by atomic mass is 10.2. The number of nitrogens with one attached hydrogen (secondary N) is 1. The second-order valence-electron chi connectivity index (χ2n) is 8.30. The van der Waals surface area contributed by atoms with E-state index in [9.17, 15) is 9.59 Å².